The predicted molar refractivity (Wildman–Crippen MR) is 72.6 cm³/mol. The second-order valence-corrected chi connectivity index (χ2v) is 5.39. The average molecular weight is 254 g/mol. The van der Waals surface area contributed by atoms with Gasteiger partial charge in [0.05, 0.1) is 6.54 Å². The summed E-state index contributed by atoms with van der Waals surface area (Å²) < 4.78 is 0. The molecule has 5 heteroatoms. The summed E-state index contributed by atoms with van der Waals surface area (Å²) in [5, 5.41) is 0. The molecule has 0 saturated carbocycles. The van der Waals surface area contributed by atoms with E-state index in [1.165, 1.54) is 0 Å². The fraction of sp³-hybridized carbons (Fsp3) is 0.923. The molecule has 2 heterocycles. The van der Waals surface area contributed by atoms with E-state index < -0.39 is 0 Å². The standard InChI is InChI=1S/C13H26N4O/c1-3-15-8-10-17(11-9-15)13(18)12-16-6-4-14(2)5-7-16/h3-12H2,1-2H3. The first-order valence-corrected chi connectivity index (χ1v) is 7.10. The SMILES string of the molecule is CCN1CCN(C(=O)CN2CCN(C)CC2)CC1. The van der Waals surface area contributed by atoms with Crippen LogP contribution in [0.1, 0.15) is 6.92 Å². The maximum absolute atomic E-state index is 12.2. The van der Waals surface area contributed by atoms with E-state index in [9.17, 15) is 4.79 Å². The van der Waals surface area contributed by atoms with Crippen molar-refractivity contribution in [3.05, 3.63) is 0 Å². The van der Waals surface area contributed by atoms with Crippen molar-refractivity contribution in [3.63, 3.8) is 0 Å². The lowest BCUT2D eigenvalue weighted by molar-refractivity contribution is -0.134. The third kappa shape index (κ3) is 3.67. The zero-order valence-electron chi connectivity index (χ0n) is 11.8. The molecule has 0 aliphatic carbocycles. The Hall–Kier alpha value is -0.650. The molecule has 2 saturated heterocycles. The monoisotopic (exact) mass is 254 g/mol. The Balaban J connectivity index is 1.72. The summed E-state index contributed by atoms with van der Waals surface area (Å²) in [5.74, 6) is 0.315. The summed E-state index contributed by atoms with van der Waals surface area (Å²) in [7, 11) is 2.14. The van der Waals surface area contributed by atoms with E-state index in [0.717, 1.165) is 58.9 Å². The van der Waals surface area contributed by atoms with Crippen LogP contribution in [-0.2, 0) is 4.79 Å². The summed E-state index contributed by atoms with van der Waals surface area (Å²) in [4.78, 5) is 21.2. The van der Waals surface area contributed by atoms with Gasteiger partial charge in [-0.1, -0.05) is 6.92 Å². The molecule has 0 bridgehead atoms. The van der Waals surface area contributed by atoms with E-state index >= 15 is 0 Å². The first kappa shape index (κ1) is 13.8. The zero-order chi connectivity index (χ0) is 13.0. The lowest BCUT2D eigenvalue weighted by Gasteiger charge is -2.37. The van der Waals surface area contributed by atoms with Crippen LogP contribution in [0.4, 0.5) is 0 Å². The molecule has 0 unspecified atom stereocenters. The Morgan fingerprint density at radius 3 is 2.00 bits per heavy atom. The van der Waals surface area contributed by atoms with Gasteiger partial charge in [-0.2, -0.15) is 0 Å². The highest BCUT2D eigenvalue weighted by molar-refractivity contribution is 5.78. The maximum Gasteiger partial charge on any atom is 0.236 e. The molecule has 1 amide bonds. The number of carbonyl (C=O) groups excluding carboxylic acids is 1. The van der Waals surface area contributed by atoms with Crippen molar-refractivity contribution < 1.29 is 4.79 Å². The molecule has 0 aromatic carbocycles. The van der Waals surface area contributed by atoms with Gasteiger partial charge in [-0.25, -0.2) is 0 Å². The highest BCUT2D eigenvalue weighted by Gasteiger charge is 2.23. The van der Waals surface area contributed by atoms with Crippen molar-refractivity contribution in [2.75, 3.05) is 72.5 Å². The Morgan fingerprint density at radius 2 is 1.44 bits per heavy atom. The van der Waals surface area contributed by atoms with Crippen LogP contribution in [0.3, 0.4) is 0 Å². The van der Waals surface area contributed by atoms with E-state index in [4.69, 9.17) is 0 Å². The van der Waals surface area contributed by atoms with Gasteiger partial charge < -0.3 is 14.7 Å². The Bertz CT molecular complexity index is 268. The van der Waals surface area contributed by atoms with Gasteiger partial charge in [0.1, 0.15) is 0 Å². The summed E-state index contributed by atoms with van der Waals surface area (Å²) >= 11 is 0. The number of amides is 1. The number of piperazine rings is 2. The Labute approximate surface area is 110 Å². The summed E-state index contributed by atoms with van der Waals surface area (Å²) in [5.41, 5.74) is 0. The van der Waals surface area contributed by atoms with Gasteiger partial charge in [0, 0.05) is 52.4 Å². The highest BCUT2D eigenvalue weighted by Crippen LogP contribution is 2.04. The molecular weight excluding hydrogens is 228 g/mol. The molecule has 0 spiro atoms. The summed E-state index contributed by atoms with van der Waals surface area (Å²) in [6, 6.07) is 0. The fourth-order valence-electron chi connectivity index (χ4n) is 2.61. The number of carbonyl (C=O) groups is 1. The minimum absolute atomic E-state index is 0.315. The molecule has 0 N–H and O–H groups in total. The predicted octanol–water partition coefficient (Wildman–Crippen LogP) is -0.602. The average Bonchev–Trinajstić information content (AvgIpc) is 2.41. The highest BCUT2D eigenvalue weighted by atomic mass is 16.2. The number of likely N-dealkylation sites (N-methyl/N-ethyl adjacent to an activating group) is 2. The largest absolute Gasteiger partial charge is 0.339 e. The first-order valence-electron chi connectivity index (χ1n) is 7.10. The van der Waals surface area contributed by atoms with E-state index in [2.05, 4.69) is 28.7 Å². The molecule has 0 radical (unpaired) electrons. The van der Waals surface area contributed by atoms with Gasteiger partial charge in [0.2, 0.25) is 5.91 Å². The van der Waals surface area contributed by atoms with Crippen LogP contribution in [0.15, 0.2) is 0 Å². The number of hydrogen-bond donors (Lipinski definition) is 0. The molecule has 2 fully saturated rings. The van der Waals surface area contributed by atoms with Crippen molar-refractivity contribution in [3.8, 4) is 0 Å². The molecule has 2 aliphatic heterocycles. The Kier molecular flexibility index (Phi) is 4.97. The number of rotatable bonds is 3. The lowest BCUT2D eigenvalue weighted by Crippen LogP contribution is -2.53. The van der Waals surface area contributed by atoms with Crippen LogP contribution in [-0.4, -0.2) is 98.0 Å². The third-order valence-corrected chi connectivity index (χ3v) is 4.13. The van der Waals surface area contributed by atoms with Crippen LogP contribution in [0.2, 0.25) is 0 Å². The second-order valence-electron chi connectivity index (χ2n) is 5.39. The summed E-state index contributed by atoms with van der Waals surface area (Å²) in [6.45, 7) is 12.0. The normalized spacial score (nSPS) is 24.4. The number of hydrogen-bond acceptors (Lipinski definition) is 4. The van der Waals surface area contributed by atoms with Crippen LogP contribution in [0.5, 0.6) is 0 Å². The minimum Gasteiger partial charge on any atom is -0.339 e. The molecule has 2 aliphatic rings. The molecule has 18 heavy (non-hydrogen) atoms. The Morgan fingerprint density at radius 1 is 0.889 bits per heavy atom. The summed E-state index contributed by atoms with van der Waals surface area (Å²) in [6.07, 6.45) is 0. The molecule has 5 nitrogen and oxygen atoms in total. The zero-order valence-corrected chi connectivity index (χ0v) is 11.8. The van der Waals surface area contributed by atoms with E-state index in [1.807, 2.05) is 4.90 Å². The van der Waals surface area contributed by atoms with E-state index in [0.29, 0.717) is 12.5 Å². The van der Waals surface area contributed by atoms with Crippen LogP contribution < -0.4 is 0 Å². The van der Waals surface area contributed by atoms with Crippen molar-refractivity contribution in [1.29, 1.82) is 0 Å². The minimum atomic E-state index is 0.315. The molecule has 0 atom stereocenters. The van der Waals surface area contributed by atoms with Gasteiger partial charge in [-0.3, -0.25) is 9.69 Å². The quantitative estimate of drug-likeness (QED) is 0.673. The van der Waals surface area contributed by atoms with Gasteiger partial charge in [0.25, 0.3) is 0 Å². The van der Waals surface area contributed by atoms with Gasteiger partial charge in [0.15, 0.2) is 0 Å². The van der Waals surface area contributed by atoms with Crippen LogP contribution in [0, 0.1) is 0 Å². The van der Waals surface area contributed by atoms with E-state index in [1.54, 1.807) is 0 Å². The topological polar surface area (TPSA) is 30.0 Å². The molecule has 2 rings (SSSR count). The lowest BCUT2D eigenvalue weighted by atomic mass is 10.3. The van der Waals surface area contributed by atoms with Gasteiger partial charge in [-0.15, -0.1) is 0 Å². The van der Waals surface area contributed by atoms with Crippen molar-refractivity contribution in [1.82, 2.24) is 19.6 Å². The van der Waals surface area contributed by atoms with Crippen molar-refractivity contribution >= 4 is 5.91 Å². The molecular formula is C13H26N4O. The maximum atomic E-state index is 12.2. The van der Waals surface area contributed by atoms with Crippen molar-refractivity contribution in [2.45, 2.75) is 6.92 Å². The van der Waals surface area contributed by atoms with E-state index in [-0.39, 0.29) is 0 Å². The van der Waals surface area contributed by atoms with Gasteiger partial charge in [-0.05, 0) is 13.6 Å². The van der Waals surface area contributed by atoms with Crippen molar-refractivity contribution in [2.24, 2.45) is 0 Å². The smallest absolute Gasteiger partial charge is 0.236 e. The number of nitrogens with zero attached hydrogens (tertiary/aromatic N) is 4. The second kappa shape index (κ2) is 6.50. The van der Waals surface area contributed by atoms with Gasteiger partial charge >= 0.3 is 0 Å². The molecule has 0 aromatic heterocycles. The molecule has 0 aromatic rings. The fourth-order valence-corrected chi connectivity index (χ4v) is 2.61. The first-order chi connectivity index (χ1) is 8.69. The van der Waals surface area contributed by atoms with Crippen LogP contribution in [0.25, 0.3) is 0 Å². The third-order valence-electron chi connectivity index (χ3n) is 4.13. The molecule has 104 valence electrons. The van der Waals surface area contributed by atoms with Crippen LogP contribution >= 0.6 is 0 Å².